The largest absolute Gasteiger partial charge is 0.485 e. The number of hydrogen-bond acceptors (Lipinski definition) is 4. The molecule has 0 radical (unpaired) electrons. The summed E-state index contributed by atoms with van der Waals surface area (Å²) >= 11 is 5.96. The van der Waals surface area contributed by atoms with Crippen molar-refractivity contribution in [3.8, 4) is 5.75 Å². The normalized spacial score (nSPS) is 14.6. The van der Waals surface area contributed by atoms with Gasteiger partial charge < -0.3 is 14.1 Å². The maximum absolute atomic E-state index is 13.9. The Morgan fingerprint density at radius 3 is 2.62 bits per heavy atom. The van der Waals surface area contributed by atoms with Crippen molar-refractivity contribution < 1.29 is 22.7 Å². The van der Waals surface area contributed by atoms with Crippen LogP contribution in [-0.4, -0.2) is 41.9 Å². The van der Waals surface area contributed by atoms with E-state index in [2.05, 4.69) is 0 Å². The first kappa shape index (κ1) is 22.3. The van der Waals surface area contributed by atoms with Crippen LogP contribution in [0.1, 0.15) is 27.4 Å². The Hall–Kier alpha value is -2.90. The second-order valence-corrected chi connectivity index (χ2v) is 8.18. The fourth-order valence-corrected chi connectivity index (χ4v) is 3.90. The van der Waals surface area contributed by atoms with E-state index in [-0.39, 0.29) is 18.3 Å². The third kappa shape index (κ3) is 5.11. The topological polar surface area (TPSA) is 45.9 Å². The third-order valence-electron chi connectivity index (χ3n) is 5.46. The van der Waals surface area contributed by atoms with Crippen LogP contribution in [0.25, 0.3) is 0 Å². The lowest BCUT2D eigenvalue weighted by atomic mass is 10.1. The van der Waals surface area contributed by atoms with Crippen molar-refractivity contribution in [2.24, 2.45) is 0 Å². The molecule has 0 spiro atoms. The molecule has 5 nitrogen and oxygen atoms in total. The molecule has 1 aromatic heterocycles. The molecular formula is C24H23ClF2N2O3. The van der Waals surface area contributed by atoms with Crippen molar-refractivity contribution in [2.75, 3.05) is 26.2 Å². The summed E-state index contributed by atoms with van der Waals surface area (Å²) in [6.07, 6.45) is 0. The number of ether oxygens (including phenoxy) is 1. The first-order valence-corrected chi connectivity index (χ1v) is 10.7. The summed E-state index contributed by atoms with van der Waals surface area (Å²) in [5.41, 5.74) is 1.23. The highest BCUT2D eigenvalue weighted by Gasteiger charge is 2.25. The number of rotatable bonds is 6. The van der Waals surface area contributed by atoms with Gasteiger partial charge in [-0.15, -0.1) is 0 Å². The molecule has 0 unspecified atom stereocenters. The van der Waals surface area contributed by atoms with Crippen LogP contribution in [0.3, 0.4) is 0 Å². The van der Waals surface area contributed by atoms with Crippen LogP contribution in [0, 0.1) is 18.6 Å². The van der Waals surface area contributed by atoms with Crippen LogP contribution in [-0.2, 0) is 13.2 Å². The molecule has 2 aromatic carbocycles. The molecule has 8 heteroatoms. The summed E-state index contributed by atoms with van der Waals surface area (Å²) in [5.74, 6) is -0.366. The second kappa shape index (κ2) is 9.71. The Bertz CT molecular complexity index is 1110. The number of amides is 1. The maximum atomic E-state index is 13.9. The van der Waals surface area contributed by atoms with Crippen LogP contribution in [0.4, 0.5) is 8.78 Å². The highest BCUT2D eigenvalue weighted by Crippen LogP contribution is 2.23. The molecule has 2 heterocycles. The first-order valence-electron chi connectivity index (χ1n) is 10.3. The van der Waals surface area contributed by atoms with E-state index < -0.39 is 11.6 Å². The van der Waals surface area contributed by atoms with E-state index in [0.29, 0.717) is 54.8 Å². The molecule has 32 heavy (non-hydrogen) atoms. The van der Waals surface area contributed by atoms with Gasteiger partial charge in [-0.3, -0.25) is 9.69 Å². The number of hydrogen-bond donors (Lipinski definition) is 0. The molecule has 0 atom stereocenters. The summed E-state index contributed by atoms with van der Waals surface area (Å²) in [6.45, 7) is 4.49. The minimum atomic E-state index is -0.847. The molecule has 1 aliphatic heterocycles. The predicted molar refractivity (Wildman–Crippen MR) is 117 cm³/mol. The SMILES string of the molecule is Cc1cc(Cl)ccc1OCc1ccc(C(=O)N2CCN(Cc3cccc(F)c3F)CC2)o1. The number of nitrogens with zero attached hydrogens (tertiary/aromatic N) is 2. The smallest absolute Gasteiger partial charge is 0.289 e. The lowest BCUT2D eigenvalue weighted by Crippen LogP contribution is -2.48. The number of halogens is 3. The molecule has 1 aliphatic rings. The van der Waals surface area contributed by atoms with Crippen molar-refractivity contribution in [3.63, 3.8) is 0 Å². The summed E-state index contributed by atoms with van der Waals surface area (Å²) in [7, 11) is 0. The number of furan rings is 1. The Balaban J connectivity index is 1.30. The average Bonchev–Trinajstić information content (AvgIpc) is 3.25. The van der Waals surface area contributed by atoms with Gasteiger partial charge in [-0.2, -0.15) is 0 Å². The van der Waals surface area contributed by atoms with Crippen molar-refractivity contribution in [1.29, 1.82) is 0 Å². The lowest BCUT2D eigenvalue weighted by molar-refractivity contribution is 0.0592. The van der Waals surface area contributed by atoms with Crippen molar-refractivity contribution in [2.45, 2.75) is 20.1 Å². The molecule has 0 saturated carbocycles. The standard InChI is InChI=1S/C24H23ClF2N2O3/c1-16-13-18(25)5-7-21(16)31-15-19-6-8-22(32-19)24(30)29-11-9-28(10-12-29)14-17-3-2-4-20(26)23(17)27/h2-8,13H,9-12,14-15H2,1H3. The molecule has 3 aromatic rings. The minimum absolute atomic E-state index is 0.197. The molecule has 0 bridgehead atoms. The number of benzene rings is 2. The fourth-order valence-electron chi connectivity index (χ4n) is 3.67. The van der Waals surface area contributed by atoms with Crippen LogP contribution >= 0.6 is 11.6 Å². The summed E-state index contributed by atoms with van der Waals surface area (Å²) in [4.78, 5) is 16.5. The van der Waals surface area contributed by atoms with E-state index in [4.69, 9.17) is 20.8 Å². The van der Waals surface area contributed by atoms with Gasteiger partial charge in [-0.25, -0.2) is 8.78 Å². The molecule has 1 fully saturated rings. The van der Waals surface area contributed by atoms with Crippen molar-refractivity contribution in [1.82, 2.24) is 9.80 Å². The maximum Gasteiger partial charge on any atom is 0.289 e. The molecule has 168 valence electrons. The van der Waals surface area contributed by atoms with Gasteiger partial charge in [0.25, 0.3) is 5.91 Å². The number of carbonyl (C=O) groups is 1. The summed E-state index contributed by atoms with van der Waals surface area (Å²) < 4.78 is 38.8. The van der Waals surface area contributed by atoms with Crippen LogP contribution in [0.2, 0.25) is 5.02 Å². The number of carbonyl (C=O) groups excluding carboxylic acids is 1. The van der Waals surface area contributed by atoms with Crippen molar-refractivity contribution in [3.05, 3.63) is 87.8 Å². The quantitative estimate of drug-likeness (QED) is 0.516. The first-order chi connectivity index (χ1) is 15.4. The summed E-state index contributed by atoms with van der Waals surface area (Å²) in [5, 5.41) is 0.641. The zero-order chi connectivity index (χ0) is 22.7. The minimum Gasteiger partial charge on any atom is -0.485 e. The van der Waals surface area contributed by atoms with Crippen LogP contribution < -0.4 is 4.74 Å². The van der Waals surface area contributed by atoms with Gasteiger partial charge in [0.05, 0.1) is 0 Å². The Morgan fingerprint density at radius 2 is 1.88 bits per heavy atom. The monoisotopic (exact) mass is 460 g/mol. The molecule has 0 aliphatic carbocycles. The fraction of sp³-hybridized carbons (Fsp3) is 0.292. The molecule has 1 saturated heterocycles. The number of aryl methyl sites for hydroxylation is 1. The van der Waals surface area contributed by atoms with Gasteiger partial charge in [0, 0.05) is 43.3 Å². The van der Waals surface area contributed by atoms with E-state index in [1.807, 2.05) is 17.9 Å². The Kier molecular flexibility index (Phi) is 6.77. The molecule has 4 rings (SSSR count). The third-order valence-corrected chi connectivity index (χ3v) is 5.70. The van der Waals surface area contributed by atoms with E-state index >= 15 is 0 Å². The van der Waals surface area contributed by atoms with Crippen LogP contribution in [0.15, 0.2) is 52.9 Å². The molecule has 1 amide bonds. The zero-order valence-corrected chi connectivity index (χ0v) is 18.4. The van der Waals surface area contributed by atoms with E-state index in [1.54, 1.807) is 35.2 Å². The van der Waals surface area contributed by atoms with E-state index in [9.17, 15) is 13.6 Å². The van der Waals surface area contributed by atoms with Gasteiger partial charge in [-0.1, -0.05) is 23.7 Å². The predicted octanol–water partition coefficient (Wildman–Crippen LogP) is 5.06. The lowest BCUT2D eigenvalue weighted by Gasteiger charge is -2.34. The van der Waals surface area contributed by atoms with Gasteiger partial charge in [0.2, 0.25) is 0 Å². The highest BCUT2D eigenvalue weighted by molar-refractivity contribution is 6.30. The number of piperazine rings is 1. The van der Waals surface area contributed by atoms with Gasteiger partial charge in [0.1, 0.15) is 18.1 Å². The average molecular weight is 461 g/mol. The second-order valence-electron chi connectivity index (χ2n) is 7.75. The molecular weight excluding hydrogens is 438 g/mol. The van der Waals surface area contributed by atoms with Crippen LogP contribution in [0.5, 0.6) is 5.75 Å². The highest BCUT2D eigenvalue weighted by atomic mass is 35.5. The van der Waals surface area contributed by atoms with Crippen molar-refractivity contribution >= 4 is 17.5 Å². The Labute approximate surface area is 190 Å². The summed E-state index contributed by atoms with van der Waals surface area (Å²) in [6, 6.07) is 12.9. The van der Waals surface area contributed by atoms with Gasteiger partial charge in [-0.05, 0) is 48.9 Å². The zero-order valence-electron chi connectivity index (χ0n) is 17.6. The van der Waals surface area contributed by atoms with Gasteiger partial charge in [0.15, 0.2) is 17.4 Å². The molecule has 0 N–H and O–H groups in total. The van der Waals surface area contributed by atoms with E-state index in [0.717, 1.165) is 11.6 Å². The van der Waals surface area contributed by atoms with Gasteiger partial charge >= 0.3 is 0 Å². The Morgan fingerprint density at radius 1 is 1.09 bits per heavy atom. The van der Waals surface area contributed by atoms with E-state index in [1.165, 1.54) is 6.07 Å².